The smallest absolute Gasteiger partial charge is 0.374 e. The molecular formula is C20H20F3N3O2. The molecule has 2 aromatic carbocycles. The molecule has 1 fully saturated rings. The number of carbonyl (C=O) groups excluding carboxylic acids is 2. The summed E-state index contributed by atoms with van der Waals surface area (Å²) >= 11 is 0. The monoisotopic (exact) mass is 391 g/mol. The number of hydrogen-bond acceptors (Lipinski definition) is 3. The molecule has 0 spiro atoms. The second-order valence-electron chi connectivity index (χ2n) is 6.63. The molecule has 5 nitrogen and oxygen atoms in total. The van der Waals surface area contributed by atoms with Crippen molar-refractivity contribution in [2.45, 2.75) is 32.0 Å². The summed E-state index contributed by atoms with van der Waals surface area (Å²) in [4.78, 5) is 25.9. The van der Waals surface area contributed by atoms with Crippen molar-refractivity contribution < 1.29 is 22.8 Å². The minimum atomic E-state index is -4.47. The fourth-order valence-electron chi connectivity index (χ4n) is 3.02. The quantitative estimate of drug-likeness (QED) is 0.800. The topological polar surface area (TPSA) is 61.4 Å². The second-order valence-corrected chi connectivity index (χ2v) is 6.63. The Bertz CT molecular complexity index is 883. The van der Waals surface area contributed by atoms with Gasteiger partial charge in [-0.2, -0.15) is 13.2 Å². The first-order valence-electron chi connectivity index (χ1n) is 8.89. The van der Waals surface area contributed by atoms with Crippen LogP contribution >= 0.6 is 0 Å². The summed E-state index contributed by atoms with van der Waals surface area (Å²) in [6.45, 7) is 2.27. The molecule has 1 saturated heterocycles. The molecule has 28 heavy (non-hydrogen) atoms. The van der Waals surface area contributed by atoms with Gasteiger partial charge in [0.1, 0.15) is 6.04 Å². The SMILES string of the molecule is CC(Nc1cccc(N2CCCC2=O)c1)C(=O)Nc1cccc(C(F)(F)F)c1. The third-order valence-electron chi connectivity index (χ3n) is 4.47. The van der Waals surface area contributed by atoms with E-state index in [1.165, 1.54) is 12.1 Å². The van der Waals surface area contributed by atoms with Gasteiger partial charge in [-0.3, -0.25) is 9.59 Å². The van der Waals surface area contributed by atoms with E-state index in [1.54, 1.807) is 30.0 Å². The van der Waals surface area contributed by atoms with Crippen molar-refractivity contribution in [3.8, 4) is 0 Å². The average molecular weight is 391 g/mol. The lowest BCUT2D eigenvalue weighted by molar-refractivity contribution is -0.137. The molecule has 1 atom stereocenters. The highest BCUT2D eigenvalue weighted by molar-refractivity contribution is 5.97. The number of nitrogens with one attached hydrogen (secondary N) is 2. The zero-order valence-electron chi connectivity index (χ0n) is 15.2. The van der Waals surface area contributed by atoms with E-state index < -0.39 is 23.7 Å². The molecule has 1 heterocycles. The Hall–Kier alpha value is -3.03. The molecule has 1 unspecified atom stereocenters. The Balaban J connectivity index is 1.66. The van der Waals surface area contributed by atoms with Crippen LogP contribution in [0.25, 0.3) is 0 Å². The Labute approximate surface area is 160 Å². The number of rotatable bonds is 5. The molecule has 1 aliphatic rings. The van der Waals surface area contributed by atoms with Crippen LogP contribution in [0.4, 0.5) is 30.2 Å². The summed E-state index contributed by atoms with van der Waals surface area (Å²) in [5.74, 6) is -0.408. The molecule has 0 bridgehead atoms. The number of hydrogen-bond donors (Lipinski definition) is 2. The fourth-order valence-corrected chi connectivity index (χ4v) is 3.02. The molecule has 0 radical (unpaired) electrons. The van der Waals surface area contributed by atoms with Gasteiger partial charge < -0.3 is 15.5 Å². The van der Waals surface area contributed by atoms with Crippen LogP contribution in [0.15, 0.2) is 48.5 Å². The molecule has 1 aliphatic heterocycles. The Morgan fingerprint density at radius 3 is 2.50 bits per heavy atom. The van der Waals surface area contributed by atoms with Crippen molar-refractivity contribution in [2.75, 3.05) is 22.1 Å². The van der Waals surface area contributed by atoms with Crippen molar-refractivity contribution in [3.05, 3.63) is 54.1 Å². The number of carbonyl (C=O) groups is 2. The van der Waals surface area contributed by atoms with E-state index in [-0.39, 0.29) is 11.6 Å². The molecule has 2 N–H and O–H groups in total. The van der Waals surface area contributed by atoms with Crippen molar-refractivity contribution in [1.82, 2.24) is 0 Å². The van der Waals surface area contributed by atoms with E-state index in [0.29, 0.717) is 18.7 Å². The van der Waals surface area contributed by atoms with Crippen molar-refractivity contribution in [2.24, 2.45) is 0 Å². The van der Waals surface area contributed by atoms with Crippen molar-refractivity contribution in [3.63, 3.8) is 0 Å². The summed E-state index contributed by atoms with van der Waals surface area (Å²) in [5, 5.41) is 5.50. The number of halogens is 3. The van der Waals surface area contributed by atoms with Gasteiger partial charge in [-0.15, -0.1) is 0 Å². The Kier molecular flexibility index (Phi) is 5.58. The Morgan fingerprint density at radius 1 is 1.11 bits per heavy atom. The number of benzene rings is 2. The van der Waals surface area contributed by atoms with Gasteiger partial charge in [-0.1, -0.05) is 12.1 Å². The van der Waals surface area contributed by atoms with E-state index in [4.69, 9.17) is 0 Å². The van der Waals surface area contributed by atoms with Gasteiger partial charge in [0, 0.05) is 30.0 Å². The lowest BCUT2D eigenvalue weighted by Crippen LogP contribution is -2.32. The predicted molar refractivity (Wildman–Crippen MR) is 101 cm³/mol. The minimum absolute atomic E-state index is 0.0625. The van der Waals surface area contributed by atoms with Crippen LogP contribution in [0.2, 0.25) is 0 Å². The van der Waals surface area contributed by atoms with E-state index in [1.807, 2.05) is 6.07 Å². The third-order valence-corrected chi connectivity index (χ3v) is 4.47. The maximum absolute atomic E-state index is 12.8. The highest BCUT2D eigenvalue weighted by Gasteiger charge is 2.30. The average Bonchev–Trinajstić information content (AvgIpc) is 3.07. The summed E-state index contributed by atoms with van der Waals surface area (Å²) in [6, 6.07) is 10.9. The minimum Gasteiger partial charge on any atom is -0.374 e. The van der Waals surface area contributed by atoms with Gasteiger partial charge in [-0.05, 0) is 49.7 Å². The molecule has 148 valence electrons. The van der Waals surface area contributed by atoms with Gasteiger partial charge in [-0.25, -0.2) is 0 Å². The first kappa shape index (κ1) is 19.7. The first-order chi connectivity index (χ1) is 13.2. The normalized spacial score (nSPS) is 15.4. The molecule has 2 amide bonds. The van der Waals surface area contributed by atoms with E-state index >= 15 is 0 Å². The van der Waals surface area contributed by atoms with E-state index in [0.717, 1.165) is 24.2 Å². The van der Waals surface area contributed by atoms with Gasteiger partial charge in [0.2, 0.25) is 11.8 Å². The van der Waals surface area contributed by atoms with Crippen LogP contribution in [0.3, 0.4) is 0 Å². The van der Waals surface area contributed by atoms with Crippen LogP contribution < -0.4 is 15.5 Å². The highest BCUT2D eigenvalue weighted by Crippen LogP contribution is 2.30. The highest BCUT2D eigenvalue weighted by atomic mass is 19.4. The molecule has 0 aliphatic carbocycles. The molecular weight excluding hydrogens is 371 g/mol. The lowest BCUT2D eigenvalue weighted by Gasteiger charge is -2.19. The fraction of sp³-hybridized carbons (Fsp3) is 0.300. The van der Waals surface area contributed by atoms with Crippen LogP contribution in [-0.4, -0.2) is 24.4 Å². The third kappa shape index (κ3) is 4.62. The maximum atomic E-state index is 12.8. The Morgan fingerprint density at radius 2 is 1.82 bits per heavy atom. The van der Waals surface area contributed by atoms with Gasteiger partial charge >= 0.3 is 6.18 Å². The van der Waals surface area contributed by atoms with Crippen LogP contribution in [0, 0.1) is 0 Å². The molecule has 0 saturated carbocycles. The lowest BCUT2D eigenvalue weighted by atomic mass is 10.2. The van der Waals surface area contributed by atoms with Crippen LogP contribution in [0.5, 0.6) is 0 Å². The molecule has 8 heteroatoms. The number of nitrogens with zero attached hydrogens (tertiary/aromatic N) is 1. The first-order valence-corrected chi connectivity index (χ1v) is 8.89. The summed E-state index contributed by atoms with van der Waals surface area (Å²) in [6.07, 6.45) is -3.14. The van der Waals surface area contributed by atoms with Gasteiger partial charge in [0.05, 0.1) is 5.56 Å². The molecule has 0 aromatic heterocycles. The summed E-state index contributed by atoms with van der Waals surface area (Å²) in [5.41, 5.74) is 0.640. The van der Waals surface area contributed by atoms with E-state index in [2.05, 4.69) is 10.6 Å². The van der Waals surface area contributed by atoms with Gasteiger partial charge in [0.25, 0.3) is 0 Å². The zero-order chi connectivity index (χ0) is 20.3. The van der Waals surface area contributed by atoms with Crippen molar-refractivity contribution >= 4 is 28.9 Å². The number of amides is 2. The van der Waals surface area contributed by atoms with Crippen LogP contribution in [0.1, 0.15) is 25.3 Å². The summed E-state index contributed by atoms with van der Waals surface area (Å²) in [7, 11) is 0. The van der Waals surface area contributed by atoms with Gasteiger partial charge in [0.15, 0.2) is 0 Å². The molecule has 3 rings (SSSR count). The number of anilines is 3. The largest absolute Gasteiger partial charge is 0.416 e. The van der Waals surface area contributed by atoms with Crippen molar-refractivity contribution in [1.29, 1.82) is 0 Å². The predicted octanol–water partition coefficient (Wildman–Crippen LogP) is 4.27. The number of alkyl halides is 3. The summed E-state index contributed by atoms with van der Waals surface area (Å²) < 4.78 is 38.4. The maximum Gasteiger partial charge on any atom is 0.416 e. The second kappa shape index (κ2) is 7.92. The standard InChI is InChI=1S/C20H20F3N3O2/c1-13(19(28)25-15-6-2-5-14(11-15)20(21,22)23)24-16-7-3-8-17(12-16)26-10-4-9-18(26)27/h2-3,5-8,11-13,24H,4,9-10H2,1H3,(H,25,28). The van der Waals surface area contributed by atoms with E-state index in [9.17, 15) is 22.8 Å². The molecule has 2 aromatic rings. The zero-order valence-corrected chi connectivity index (χ0v) is 15.2. The van der Waals surface area contributed by atoms with Crippen LogP contribution in [-0.2, 0) is 15.8 Å².